The fourth-order valence-corrected chi connectivity index (χ4v) is 3.76. The van der Waals surface area contributed by atoms with Gasteiger partial charge in [-0.25, -0.2) is 0 Å². The van der Waals surface area contributed by atoms with Crippen molar-refractivity contribution in [1.82, 2.24) is 9.80 Å². The second-order valence-electron chi connectivity index (χ2n) is 7.67. The minimum Gasteiger partial charge on any atom is -0.340 e. The maximum Gasteiger partial charge on any atom is 0.227 e. The van der Waals surface area contributed by atoms with Gasteiger partial charge < -0.3 is 20.9 Å². The number of amides is 2. The summed E-state index contributed by atoms with van der Waals surface area (Å²) in [6.45, 7) is 3.46. The summed E-state index contributed by atoms with van der Waals surface area (Å²) in [5, 5.41) is 2.99. The average Bonchev–Trinajstić information content (AvgIpc) is 2.64. The van der Waals surface area contributed by atoms with E-state index in [2.05, 4.69) is 17.3 Å². The number of nitrogens with one attached hydrogen (secondary N) is 1. The number of piperazine rings is 1. The molecular weight excluding hydrogens is 328 g/mol. The molecule has 142 valence electrons. The van der Waals surface area contributed by atoms with Gasteiger partial charge in [-0.1, -0.05) is 18.6 Å². The van der Waals surface area contributed by atoms with Crippen LogP contribution in [0.5, 0.6) is 0 Å². The van der Waals surface area contributed by atoms with Crippen LogP contribution >= 0.6 is 0 Å². The van der Waals surface area contributed by atoms with Gasteiger partial charge >= 0.3 is 0 Å². The molecule has 0 radical (unpaired) electrons. The lowest BCUT2D eigenvalue weighted by molar-refractivity contribution is -0.132. The van der Waals surface area contributed by atoms with Crippen LogP contribution in [0, 0.1) is 5.92 Å². The van der Waals surface area contributed by atoms with Crippen molar-refractivity contribution < 1.29 is 9.59 Å². The molecule has 2 amide bonds. The molecule has 0 aromatic heterocycles. The first-order valence-electron chi connectivity index (χ1n) is 9.63. The summed E-state index contributed by atoms with van der Waals surface area (Å²) in [4.78, 5) is 28.9. The maximum atomic E-state index is 12.4. The molecule has 1 aromatic carbocycles. The number of carbonyl (C=O) groups is 2. The van der Waals surface area contributed by atoms with Gasteiger partial charge in [0.2, 0.25) is 11.8 Å². The monoisotopic (exact) mass is 358 g/mol. The molecule has 2 atom stereocenters. The van der Waals surface area contributed by atoms with Crippen molar-refractivity contribution in [3.63, 3.8) is 0 Å². The molecule has 1 aromatic rings. The Bertz CT molecular complexity index is 623. The molecule has 1 saturated carbocycles. The highest BCUT2D eigenvalue weighted by molar-refractivity contribution is 5.92. The molecular formula is C20H30N4O2. The highest BCUT2D eigenvalue weighted by Crippen LogP contribution is 2.24. The number of hydrogen-bond donors (Lipinski definition) is 2. The van der Waals surface area contributed by atoms with Crippen LogP contribution in [0.4, 0.5) is 5.69 Å². The molecule has 2 unspecified atom stereocenters. The van der Waals surface area contributed by atoms with E-state index in [0.717, 1.165) is 63.1 Å². The van der Waals surface area contributed by atoms with E-state index in [1.54, 1.807) is 0 Å². The number of nitrogens with two attached hydrogens (primary N) is 1. The molecule has 2 aliphatic rings. The van der Waals surface area contributed by atoms with Gasteiger partial charge in [0.1, 0.15) is 0 Å². The van der Waals surface area contributed by atoms with Crippen molar-refractivity contribution in [2.45, 2.75) is 38.1 Å². The first kappa shape index (κ1) is 18.9. The molecule has 2 fully saturated rings. The Morgan fingerprint density at radius 1 is 1.12 bits per heavy atom. The van der Waals surface area contributed by atoms with Crippen molar-refractivity contribution in [1.29, 1.82) is 0 Å². The summed E-state index contributed by atoms with van der Waals surface area (Å²) in [7, 11) is 2.08. The van der Waals surface area contributed by atoms with Crippen LogP contribution in [-0.4, -0.2) is 60.9 Å². The largest absolute Gasteiger partial charge is 0.340 e. The summed E-state index contributed by atoms with van der Waals surface area (Å²) < 4.78 is 0. The summed E-state index contributed by atoms with van der Waals surface area (Å²) in [6, 6.07) is 7.76. The third kappa shape index (κ3) is 5.05. The summed E-state index contributed by atoms with van der Waals surface area (Å²) in [6.07, 6.45) is 4.13. The third-order valence-electron chi connectivity index (χ3n) is 5.52. The molecule has 3 N–H and O–H groups in total. The van der Waals surface area contributed by atoms with E-state index in [9.17, 15) is 9.59 Å². The van der Waals surface area contributed by atoms with E-state index in [1.807, 2.05) is 29.2 Å². The molecule has 1 heterocycles. The highest BCUT2D eigenvalue weighted by atomic mass is 16.2. The van der Waals surface area contributed by atoms with E-state index < -0.39 is 0 Å². The van der Waals surface area contributed by atoms with Crippen LogP contribution in [0.1, 0.15) is 31.2 Å². The SMILES string of the molecule is CN1CCN(C(=O)Cc2ccc(NC(=O)C3CCCC(N)C3)cc2)CC1. The Hall–Kier alpha value is -1.92. The maximum absolute atomic E-state index is 12.4. The summed E-state index contributed by atoms with van der Waals surface area (Å²) in [5.41, 5.74) is 7.73. The Balaban J connectivity index is 1.50. The first-order chi connectivity index (χ1) is 12.5. The molecule has 26 heavy (non-hydrogen) atoms. The number of likely N-dealkylation sites (N-methyl/N-ethyl adjacent to an activating group) is 1. The second-order valence-corrected chi connectivity index (χ2v) is 7.67. The third-order valence-corrected chi connectivity index (χ3v) is 5.52. The lowest BCUT2D eigenvalue weighted by atomic mass is 9.85. The van der Waals surface area contributed by atoms with Gasteiger partial charge in [-0.3, -0.25) is 9.59 Å². The molecule has 6 nitrogen and oxygen atoms in total. The van der Waals surface area contributed by atoms with Crippen LogP contribution in [0.15, 0.2) is 24.3 Å². The smallest absolute Gasteiger partial charge is 0.227 e. The minimum absolute atomic E-state index is 0.0113. The number of rotatable bonds is 4. The van der Waals surface area contributed by atoms with Crippen molar-refractivity contribution in [3.8, 4) is 0 Å². The van der Waals surface area contributed by atoms with E-state index in [1.165, 1.54) is 0 Å². The number of nitrogens with zero attached hydrogens (tertiary/aromatic N) is 2. The zero-order chi connectivity index (χ0) is 18.5. The average molecular weight is 358 g/mol. The van der Waals surface area contributed by atoms with Crippen LogP contribution < -0.4 is 11.1 Å². The second kappa shape index (κ2) is 8.64. The highest BCUT2D eigenvalue weighted by Gasteiger charge is 2.25. The van der Waals surface area contributed by atoms with Crippen LogP contribution in [0.3, 0.4) is 0 Å². The predicted octanol–water partition coefficient (Wildman–Crippen LogP) is 1.46. The minimum atomic E-state index is 0.0113. The van der Waals surface area contributed by atoms with Crippen LogP contribution in [0.2, 0.25) is 0 Å². The van der Waals surface area contributed by atoms with E-state index in [0.29, 0.717) is 6.42 Å². The molecule has 3 rings (SSSR count). The lowest BCUT2D eigenvalue weighted by Crippen LogP contribution is -2.47. The zero-order valence-corrected chi connectivity index (χ0v) is 15.6. The Kier molecular flexibility index (Phi) is 6.27. The summed E-state index contributed by atoms with van der Waals surface area (Å²) >= 11 is 0. The van der Waals surface area contributed by atoms with E-state index >= 15 is 0 Å². The number of hydrogen-bond acceptors (Lipinski definition) is 4. The van der Waals surface area contributed by atoms with Crippen molar-refractivity contribution in [3.05, 3.63) is 29.8 Å². The Labute approximate surface area is 155 Å². The Morgan fingerprint density at radius 2 is 1.81 bits per heavy atom. The molecule has 0 spiro atoms. The predicted molar refractivity (Wildman–Crippen MR) is 103 cm³/mol. The fourth-order valence-electron chi connectivity index (χ4n) is 3.76. The van der Waals surface area contributed by atoms with Gasteiger partial charge in [0, 0.05) is 43.8 Å². The molecule has 6 heteroatoms. The lowest BCUT2D eigenvalue weighted by Gasteiger charge is -2.32. The van der Waals surface area contributed by atoms with Crippen LogP contribution in [-0.2, 0) is 16.0 Å². The molecule has 1 aliphatic heterocycles. The number of benzene rings is 1. The van der Waals surface area contributed by atoms with Gasteiger partial charge in [0.15, 0.2) is 0 Å². The van der Waals surface area contributed by atoms with Gasteiger partial charge in [-0.15, -0.1) is 0 Å². The van der Waals surface area contributed by atoms with Gasteiger partial charge in [0.25, 0.3) is 0 Å². The standard InChI is InChI=1S/C20H30N4O2/c1-23-9-11-24(12-10-23)19(25)13-15-5-7-18(8-6-15)22-20(26)16-3-2-4-17(21)14-16/h5-8,16-17H,2-4,9-14,21H2,1H3,(H,22,26). The zero-order valence-electron chi connectivity index (χ0n) is 15.6. The Morgan fingerprint density at radius 3 is 2.46 bits per heavy atom. The van der Waals surface area contributed by atoms with E-state index in [4.69, 9.17) is 5.73 Å². The molecule has 0 bridgehead atoms. The van der Waals surface area contributed by atoms with E-state index in [-0.39, 0.29) is 23.8 Å². The number of anilines is 1. The number of carbonyl (C=O) groups excluding carboxylic acids is 2. The normalized spacial score (nSPS) is 24.3. The molecule has 1 aliphatic carbocycles. The van der Waals surface area contributed by atoms with Crippen molar-refractivity contribution in [2.24, 2.45) is 11.7 Å². The first-order valence-corrected chi connectivity index (χ1v) is 9.63. The van der Waals surface area contributed by atoms with Crippen LogP contribution in [0.25, 0.3) is 0 Å². The molecule has 1 saturated heterocycles. The van der Waals surface area contributed by atoms with Gasteiger partial charge in [-0.05, 0) is 44.0 Å². The van der Waals surface area contributed by atoms with Gasteiger partial charge in [-0.2, -0.15) is 0 Å². The van der Waals surface area contributed by atoms with Gasteiger partial charge in [0.05, 0.1) is 6.42 Å². The topological polar surface area (TPSA) is 78.7 Å². The van der Waals surface area contributed by atoms with Crippen molar-refractivity contribution in [2.75, 3.05) is 38.5 Å². The van der Waals surface area contributed by atoms with Crippen molar-refractivity contribution >= 4 is 17.5 Å². The fraction of sp³-hybridized carbons (Fsp3) is 0.600. The quantitative estimate of drug-likeness (QED) is 0.854. The summed E-state index contributed by atoms with van der Waals surface area (Å²) in [5.74, 6) is 0.240.